The third-order valence-corrected chi connectivity index (χ3v) is 4.61. The van der Waals surface area contributed by atoms with E-state index in [1.54, 1.807) is 23.1 Å². The van der Waals surface area contributed by atoms with Gasteiger partial charge in [0.25, 0.3) is 5.91 Å². The maximum absolute atomic E-state index is 13.2. The Hall–Kier alpha value is -3.05. The van der Waals surface area contributed by atoms with Crippen molar-refractivity contribution in [3.05, 3.63) is 82.9 Å². The van der Waals surface area contributed by atoms with Crippen LogP contribution < -0.4 is 15.4 Å². The van der Waals surface area contributed by atoms with Crippen LogP contribution in [-0.4, -0.2) is 10.9 Å². The number of halogens is 1. The van der Waals surface area contributed by atoms with Gasteiger partial charge in [-0.1, -0.05) is 60.1 Å². The zero-order valence-electron chi connectivity index (χ0n) is 13.8. The second-order valence-electron chi connectivity index (χ2n) is 5.98. The standard InChI is InChI=1S/C20H16ClN3O2/c21-15-9-5-4-8-14(15)12-24-19-16(10-11-17(22)23-19)26-18(20(24)25)13-6-2-1-3-7-13/h1-11,18H,12H2,(H2,22,23). The molecule has 1 unspecified atom stereocenters. The summed E-state index contributed by atoms with van der Waals surface area (Å²) in [7, 11) is 0. The van der Waals surface area contributed by atoms with E-state index in [9.17, 15) is 4.79 Å². The van der Waals surface area contributed by atoms with E-state index in [1.165, 1.54) is 0 Å². The fourth-order valence-electron chi connectivity index (χ4n) is 2.95. The number of rotatable bonds is 3. The van der Waals surface area contributed by atoms with Gasteiger partial charge < -0.3 is 10.5 Å². The van der Waals surface area contributed by atoms with E-state index in [4.69, 9.17) is 22.1 Å². The van der Waals surface area contributed by atoms with Crippen molar-refractivity contribution in [1.29, 1.82) is 0 Å². The Bertz CT molecular complexity index is 962. The van der Waals surface area contributed by atoms with E-state index >= 15 is 0 Å². The monoisotopic (exact) mass is 365 g/mol. The Morgan fingerprint density at radius 3 is 2.54 bits per heavy atom. The summed E-state index contributed by atoms with van der Waals surface area (Å²) < 4.78 is 5.94. The van der Waals surface area contributed by atoms with Gasteiger partial charge in [-0.05, 0) is 23.8 Å². The van der Waals surface area contributed by atoms with Crippen molar-refractivity contribution < 1.29 is 9.53 Å². The van der Waals surface area contributed by atoms with Crippen molar-refractivity contribution in [1.82, 2.24) is 4.98 Å². The first-order chi connectivity index (χ1) is 12.6. The van der Waals surface area contributed by atoms with Crippen LogP contribution in [0.1, 0.15) is 17.2 Å². The van der Waals surface area contributed by atoms with Gasteiger partial charge in [0.1, 0.15) is 5.82 Å². The van der Waals surface area contributed by atoms with Crippen molar-refractivity contribution in [2.75, 3.05) is 10.6 Å². The Labute approximate surface area is 156 Å². The van der Waals surface area contributed by atoms with Crippen LogP contribution in [-0.2, 0) is 11.3 Å². The summed E-state index contributed by atoms with van der Waals surface area (Å²) in [5.41, 5.74) is 7.43. The van der Waals surface area contributed by atoms with Gasteiger partial charge in [0, 0.05) is 10.6 Å². The normalized spacial score (nSPS) is 16.1. The van der Waals surface area contributed by atoms with Crippen LogP contribution in [0.25, 0.3) is 0 Å². The van der Waals surface area contributed by atoms with Gasteiger partial charge in [-0.3, -0.25) is 9.69 Å². The van der Waals surface area contributed by atoms with E-state index in [2.05, 4.69) is 4.98 Å². The summed E-state index contributed by atoms with van der Waals surface area (Å²) in [5.74, 6) is 1.03. The van der Waals surface area contributed by atoms with Crippen molar-refractivity contribution in [3.8, 4) is 5.75 Å². The molecule has 1 aliphatic heterocycles. The second kappa shape index (κ2) is 6.69. The number of amides is 1. The summed E-state index contributed by atoms with van der Waals surface area (Å²) in [6.07, 6.45) is -0.739. The number of anilines is 2. The number of benzene rings is 2. The molecule has 0 bridgehead atoms. The lowest BCUT2D eigenvalue weighted by Crippen LogP contribution is -2.41. The summed E-state index contributed by atoms with van der Waals surface area (Å²) in [5, 5.41) is 0.591. The molecule has 1 aliphatic rings. The predicted octanol–water partition coefficient (Wildman–Crippen LogP) is 3.98. The summed E-state index contributed by atoms with van der Waals surface area (Å²) in [6, 6.07) is 20.2. The molecular formula is C20H16ClN3O2. The quantitative estimate of drug-likeness (QED) is 0.762. The number of carbonyl (C=O) groups excluding carboxylic acids is 1. The number of hydrogen-bond acceptors (Lipinski definition) is 4. The highest BCUT2D eigenvalue weighted by atomic mass is 35.5. The highest BCUT2D eigenvalue weighted by molar-refractivity contribution is 6.31. The Morgan fingerprint density at radius 1 is 1.04 bits per heavy atom. The van der Waals surface area contributed by atoms with Crippen molar-refractivity contribution in [3.63, 3.8) is 0 Å². The van der Waals surface area contributed by atoms with Gasteiger partial charge in [-0.25, -0.2) is 4.98 Å². The lowest BCUT2D eigenvalue weighted by Gasteiger charge is -2.33. The number of hydrogen-bond donors (Lipinski definition) is 1. The minimum atomic E-state index is -0.739. The van der Waals surface area contributed by atoms with E-state index in [1.807, 2.05) is 48.5 Å². The molecular weight excluding hydrogens is 350 g/mol. The maximum atomic E-state index is 13.2. The average molecular weight is 366 g/mol. The van der Waals surface area contributed by atoms with Crippen LogP contribution in [0.15, 0.2) is 66.7 Å². The van der Waals surface area contributed by atoms with Crippen molar-refractivity contribution >= 4 is 29.1 Å². The molecule has 0 fully saturated rings. The number of nitrogens with zero attached hydrogens (tertiary/aromatic N) is 2. The van der Waals surface area contributed by atoms with E-state index in [0.717, 1.165) is 11.1 Å². The number of nitrogens with two attached hydrogens (primary N) is 1. The third-order valence-electron chi connectivity index (χ3n) is 4.24. The molecule has 1 atom stereocenters. The number of pyridine rings is 1. The first-order valence-corrected chi connectivity index (χ1v) is 8.54. The topological polar surface area (TPSA) is 68.5 Å². The highest BCUT2D eigenvalue weighted by Crippen LogP contribution is 2.39. The van der Waals surface area contributed by atoms with Gasteiger partial charge >= 0.3 is 0 Å². The number of ether oxygens (including phenoxy) is 1. The van der Waals surface area contributed by atoms with Gasteiger partial charge in [0.15, 0.2) is 11.6 Å². The first kappa shape index (κ1) is 16.4. The van der Waals surface area contributed by atoms with Crippen LogP contribution in [0, 0.1) is 0 Å². The SMILES string of the molecule is Nc1ccc2c(n1)N(Cc1ccccc1Cl)C(=O)C(c1ccccc1)O2. The second-order valence-corrected chi connectivity index (χ2v) is 6.39. The average Bonchev–Trinajstić information content (AvgIpc) is 2.66. The van der Waals surface area contributed by atoms with Gasteiger partial charge in [0.05, 0.1) is 6.54 Å². The number of nitrogen functional groups attached to an aromatic ring is 1. The molecule has 6 heteroatoms. The largest absolute Gasteiger partial charge is 0.472 e. The lowest BCUT2D eigenvalue weighted by molar-refractivity contribution is -0.126. The molecule has 2 aromatic carbocycles. The molecule has 0 aliphatic carbocycles. The number of fused-ring (bicyclic) bond motifs is 1. The summed E-state index contributed by atoms with van der Waals surface area (Å²) in [4.78, 5) is 19.1. The highest BCUT2D eigenvalue weighted by Gasteiger charge is 2.36. The number of carbonyl (C=O) groups is 1. The molecule has 0 saturated carbocycles. The molecule has 130 valence electrons. The molecule has 26 heavy (non-hydrogen) atoms. The van der Waals surface area contributed by atoms with Gasteiger partial charge in [-0.2, -0.15) is 0 Å². The minimum absolute atomic E-state index is 0.207. The van der Waals surface area contributed by atoms with Crippen LogP contribution >= 0.6 is 11.6 Å². The Kier molecular flexibility index (Phi) is 4.22. The lowest BCUT2D eigenvalue weighted by atomic mass is 10.1. The molecule has 0 radical (unpaired) electrons. The van der Waals surface area contributed by atoms with Crippen LogP contribution in [0.3, 0.4) is 0 Å². The maximum Gasteiger partial charge on any atom is 0.274 e. The number of aromatic nitrogens is 1. The van der Waals surface area contributed by atoms with Crippen LogP contribution in [0.2, 0.25) is 5.02 Å². The van der Waals surface area contributed by atoms with E-state index in [-0.39, 0.29) is 12.5 Å². The van der Waals surface area contributed by atoms with E-state index in [0.29, 0.717) is 22.4 Å². The Morgan fingerprint density at radius 2 is 1.77 bits per heavy atom. The summed E-state index contributed by atoms with van der Waals surface area (Å²) in [6.45, 7) is 0.286. The zero-order valence-corrected chi connectivity index (χ0v) is 14.6. The zero-order chi connectivity index (χ0) is 18.1. The summed E-state index contributed by atoms with van der Waals surface area (Å²) >= 11 is 6.29. The molecule has 4 rings (SSSR count). The molecule has 2 N–H and O–H groups in total. The minimum Gasteiger partial charge on any atom is -0.472 e. The first-order valence-electron chi connectivity index (χ1n) is 8.16. The van der Waals surface area contributed by atoms with Crippen LogP contribution in [0.4, 0.5) is 11.6 Å². The third kappa shape index (κ3) is 2.97. The molecule has 0 saturated heterocycles. The fraction of sp³-hybridized carbons (Fsp3) is 0.100. The predicted molar refractivity (Wildman–Crippen MR) is 101 cm³/mol. The van der Waals surface area contributed by atoms with Crippen molar-refractivity contribution in [2.45, 2.75) is 12.6 Å². The van der Waals surface area contributed by atoms with Gasteiger partial charge in [0.2, 0.25) is 6.10 Å². The molecule has 2 heterocycles. The molecule has 3 aromatic rings. The van der Waals surface area contributed by atoms with Crippen molar-refractivity contribution in [2.24, 2.45) is 0 Å². The molecule has 1 amide bonds. The molecule has 5 nitrogen and oxygen atoms in total. The van der Waals surface area contributed by atoms with Gasteiger partial charge in [-0.15, -0.1) is 0 Å². The fourth-order valence-corrected chi connectivity index (χ4v) is 3.14. The smallest absolute Gasteiger partial charge is 0.274 e. The van der Waals surface area contributed by atoms with Crippen LogP contribution in [0.5, 0.6) is 5.75 Å². The van der Waals surface area contributed by atoms with E-state index < -0.39 is 6.10 Å². The molecule has 1 aromatic heterocycles. The Balaban J connectivity index is 1.78. The molecule has 0 spiro atoms.